The average molecular weight is 500 g/mol. The van der Waals surface area contributed by atoms with Crippen molar-refractivity contribution in [2.75, 3.05) is 44.5 Å². The maximum atomic E-state index is 15.1. The number of ether oxygens (including phenoxy) is 2. The van der Waals surface area contributed by atoms with Crippen LogP contribution in [0.3, 0.4) is 0 Å². The number of rotatable bonds is 9. The molecule has 36 heavy (non-hydrogen) atoms. The van der Waals surface area contributed by atoms with Crippen LogP contribution in [0.25, 0.3) is 10.9 Å². The molecule has 3 N–H and O–H groups in total. The van der Waals surface area contributed by atoms with Crippen molar-refractivity contribution < 1.29 is 23.0 Å². The second-order valence-electron chi connectivity index (χ2n) is 8.82. The van der Waals surface area contributed by atoms with Crippen LogP contribution < -0.4 is 25.4 Å². The number of carbonyl (C=O) groups is 1. The van der Waals surface area contributed by atoms with E-state index in [0.29, 0.717) is 50.2 Å². The van der Waals surface area contributed by atoms with E-state index in [9.17, 15) is 9.18 Å². The zero-order chi connectivity index (χ0) is 25.8. The summed E-state index contributed by atoms with van der Waals surface area (Å²) in [6.07, 6.45) is 1.57. The number of hydrogen-bond donors (Lipinski definition) is 2. The van der Waals surface area contributed by atoms with Crippen molar-refractivity contribution in [3.8, 4) is 11.5 Å². The quantitative estimate of drug-likeness (QED) is 0.455. The Morgan fingerprint density at radius 3 is 2.47 bits per heavy atom. The highest BCUT2D eigenvalue weighted by Crippen LogP contribution is 2.38. The fourth-order valence-corrected chi connectivity index (χ4v) is 4.70. The zero-order valence-electron chi connectivity index (χ0n) is 20.7. The van der Waals surface area contributed by atoms with E-state index >= 15 is 4.39 Å². The van der Waals surface area contributed by atoms with Gasteiger partial charge in [-0.2, -0.15) is 4.98 Å². The van der Waals surface area contributed by atoms with E-state index in [-0.39, 0.29) is 46.4 Å². The van der Waals surface area contributed by atoms with Gasteiger partial charge in [0.25, 0.3) is 0 Å². The van der Waals surface area contributed by atoms with Gasteiger partial charge in [0, 0.05) is 36.9 Å². The molecular formula is C26H31F2N5O3. The molecule has 3 aromatic rings. The number of nitrogens with two attached hydrogens (primary N) is 1. The van der Waals surface area contributed by atoms with Crippen molar-refractivity contribution in [3.63, 3.8) is 0 Å². The number of aromatic nitrogens is 2. The Bertz CT molecular complexity index is 1230. The highest BCUT2D eigenvalue weighted by atomic mass is 19.1. The number of carbonyl (C=O) groups excluding carboxylic acids is 1. The van der Waals surface area contributed by atoms with Crippen molar-refractivity contribution in [2.45, 2.75) is 32.2 Å². The summed E-state index contributed by atoms with van der Waals surface area (Å²) in [7, 11) is 2.77. The summed E-state index contributed by atoms with van der Waals surface area (Å²) < 4.78 is 38.8. The molecule has 1 unspecified atom stereocenters. The molecule has 8 nitrogen and oxygen atoms in total. The lowest BCUT2D eigenvalue weighted by Gasteiger charge is -2.32. The number of piperidine rings is 1. The predicted octanol–water partition coefficient (Wildman–Crippen LogP) is 4.03. The number of Topliss-reactive ketones (excluding diaryl/α,β-unsaturated/α-hetero) is 1. The van der Waals surface area contributed by atoms with E-state index in [1.165, 1.54) is 26.4 Å². The summed E-state index contributed by atoms with van der Waals surface area (Å²) in [6, 6.07) is 7.63. The molecule has 2 heterocycles. The highest BCUT2D eigenvalue weighted by molar-refractivity contribution is 5.92. The maximum Gasteiger partial charge on any atom is 0.227 e. The molecule has 1 aliphatic heterocycles. The number of anilines is 2. The van der Waals surface area contributed by atoms with E-state index in [0.717, 1.165) is 5.56 Å². The van der Waals surface area contributed by atoms with Gasteiger partial charge in [-0.05, 0) is 43.1 Å². The molecule has 1 atom stereocenters. The van der Waals surface area contributed by atoms with Crippen molar-refractivity contribution in [1.29, 1.82) is 0 Å². The van der Waals surface area contributed by atoms with Crippen LogP contribution in [0.4, 0.5) is 20.5 Å². The molecule has 1 aromatic heterocycles. The van der Waals surface area contributed by atoms with E-state index in [4.69, 9.17) is 15.2 Å². The number of hydrogen-bond acceptors (Lipinski definition) is 8. The Morgan fingerprint density at radius 2 is 1.86 bits per heavy atom. The van der Waals surface area contributed by atoms with Crippen LogP contribution in [0.5, 0.6) is 11.5 Å². The SMILES string of the molecule is CCNC(CC(=O)C1CCN(c2nc(N)c3cc(OC)c(OC)c(F)c3n2)CC1)c1ccc(F)cc1. The molecule has 4 rings (SSSR count). The second-order valence-corrected chi connectivity index (χ2v) is 8.82. The molecule has 1 fully saturated rings. The topological polar surface area (TPSA) is 103 Å². The first-order valence-corrected chi connectivity index (χ1v) is 12.0. The Hall–Kier alpha value is -3.53. The number of ketones is 1. The minimum atomic E-state index is -0.664. The molecule has 0 radical (unpaired) electrons. The number of halogens is 2. The molecule has 2 aromatic carbocycles. The number of fused-ring (bicyclic) bond motifs is 1. The molecule has 0 aliphatic carbocycles. The Morgan fingerprint density at radius 1 is 1.17 bits per heavy atom. The van der Waals surface area contributed by atoms with Crippen LogP contribution in [0.1, 0.15) is 37.8 Å². The first-order valence-electron chi connectivity index (χ1n) is 12.0. The van der Waals surface area contributed by atoms with Crippen LogP contribution >= 0.6 is 0 Å². The van der Waals surface area contributed by atoms with Crippen molar-refractivity contribution in [3.05, 3.63) is 47.5 Å². The van der Waals surface area contributed by atoms with Gasteiger partial charge in [0.1, 0.15) is 22.9 Å². The maximum absolute atomic E-state index is 15.1. The molecular weight excluding hydrogens is 468 g/mol. The van der Waals surface area contributed by atoms with E-state index < -0.39 is 5.82 Å². The monoisotopic (exact) mass is 499 g/mol. The van der Waals surface area contributed by atoms with Crippen LogP contribution in [0, 0.1) is 17.6 Å². The first-order chi connectivity index (χ1) is 17.4. The Kier molecular flexibility index (Phi) is 7.83. The van der Waals surface area contributed by atoms with E-state index in [1.54, 1.807) is 18.2 Å². The van der Waals surface area contributed by atoms with Gasteiger partial charge >= 0.3 is 0 Å². The molecule has 0 amide bonds. The van der Waals surface area contributed by atoms with Gasteiger partial charge in [0.2, 0.25) is 5.95 Å². The molecule has 1 aliphatic rings. The lowest BCUT2D eigenvalue weighted by Crippen LogP contribution is -2.38. The van der Waals surface area contributed by atoms with E-state index in [1.807, 2.05) is 11.8 Å². The fourth-order valence-electron chi connectivity index (χ4n) is 4.70. The van der Waals surface area contributed by atoms with Crippen LogP contribution in [-0.4, -0.2) is 49.6 Å². The van der Waals surface area contributed by atoms with Gasteiger partial charge in [0.15, 0.2) is 17.3 Å². The minimum absolute atomic E-state index is 0.0465. The zero-order valence-corrected chi connectivity index (χ0v) is 20.7. The summed E-state index contributed by atoms with van der Waals surface area (Å²) in [5.41, 5.74) is 7.09. The lowest BCUT2D eigenvalue weighted by atomic mass is 9.88. The van der Waals surface area contributed by atoms with Crippen molar-refractivity contribution >= 4 is 28.5 Å². The summed E-state index contributed by atoms with van der Waals surface area (Å²) in [5, 5.41) is 3.67. The number of methoxy groups -OCH3 is 2. The van der Waals surface area contributed by atoms with Crippen LogP contribution in [-0.2, 0) is 4.79 Å². The van der Waals surface area contributed by atoms with E-state index in [2.05, 4.69) is 15.3 Å². The average Bonchev–Trinajstić information content (AvgIpc) is 2.89. The molecule has 1 saturated heterocycles. The summed E-state index contributed by atoms with van der Waals surface area (Å²) in [5.74, 6) is -0.302. The largest absolute Gasteiger partial charge is 0.493 e. The predicted molar refractivity (Wildman–Crippen MR) is 134 cm³/mol. The third kappa shape index (κ3) is 5.18. The molecule has 0 bridgehead atoms. The summed E-state index contributed by atoms with van der Waals surface area (Å²) in [4.78, 5) is 23.8. The standard InChI is InChI=1S/C26H31F2N5O3/c1-4-30-19(15-5-7-17(27)8-6-15)14-20(34)16-9-11-33(12-10-16)26-31-23-18(25(29)32-26)13-21(35-2)24(36-3)22(23)28/h5-8,13,16,19,30H,4,9-12,14H2,1-3H3,(H2,29,31,32). The number of nitrogens with one attached hydrogen (secondary N) is 1. The van der Waals surface area contributed by atoms with Gasteiger partial charge in [-0.3, -0.25) is 4.79 Å². The van der Waals surface area contributed by atoms with Gasteiger partial charge in [-0.25, -0.2) is 13.8 Å². The van der Waals surface area contributed by atoms with Crippen molar-refractivity contribution in [2.24, 2.45) is 5.92 Å². The fraction of sp³-hybridized carbons (Fsp3) is 0.423. The van der Waals surface area contributed by atoms with Crippen LogP contribution in [0.2, 0.25) is 0 Å². The smallest absolute Gasteiger partial charge is 0.227 e. The Labute approximate surface area is 208 Å². The number of nitrogens with zero attached hydrogens (tertiary/aromatic N) is 3. The van der Waals surface area contributed by atoms with Gasteiger partial charge < -0.3 is 25.4 Å². The highest BCUT2D eigenvalue weighted by Gasteiger charge is 2.29. The molecule has 10 heteroatoms. The number of benzene rings is 2. The molecule has 192 valence electrons. The van der Waals surface area contributed by atoms with Gasteiger partial charge in [-0.15, -0.1) is 0 Å². The lowest BCUT2D eigenvalue weighted by molar-refractivity contribution is -0.124. The van der Waals surface area contributed by atoms with Gasteiger partial charge in [-0.1, -0.05) is 19.1 Å². The summed E-state index contributed by atoms with van der Waals surface area (Å²) in [6.45, 7) is 3.75. The Balaban J connectivity index is 1.47. The summed E-state index contributed by atoms with van der Waals surface area (Å²) >= 11 is 0. The third-order valence-electron chi connectivity index (χ3n) is 6.66. The molecule has 0 saturated carbocycles. The van der Waals surface area contributed by atoms with Crippen LogP contribution in [0.15, 0.2) is 30.3 Å². The third-order valence-corrected chi connectivity index (χ3v) is 6.66. The normalized spacial score (nSPS) is 15.2. The number of nitrogen functional groups attached to an aromatic ring is 1. The molecule has 0 spiro atoms. The van der Waals surface area contributed by atoms with Crippen molar-refractivity contribution in [1.82, 2.24) is 15.3 Å². The van der Waals surface area contributed by atoms with Gasteiger partial charge in [0.05, 0.1) is 14.2 Å². The first kappa shape index (κ1) is 25.6. The second kappa shape index (κ2) is 11.0. The minimum Gasteiger partial charge on any atom is -0.493 e.